The first kappa shape index (κ1) is 22.6. The van der Waals surface area contributed by atoms with Gasteiger partial charge in [0.2, 0.25) is 16.0 Å². The van der Waals surface area contributed by atoms with E-state index >= 15 is 0 Å². The number of nitrogens with zero attached hydrogens (tertiary/aromatic N) is 4. The van der Waals surface area contributed by atoms with Gasteiger partial charge in [0, 0.05) is 18.3 Å². The van der Waals surface area contributed by atoms with Gasteiger partial charge in [-0.2, -0.15) is 10.1 Å². The fourth-order valence-corrected chi connectivity index (χ4v) is 4.80. The van der Waals surface area contributed by atoms with Crippen molar-refractivity contribution in [3.05, 3.63) is 30.5 Å². The number of unbranched alkanes of at least 4 members (excludes halogenated alkanes) is 1. The molecule has 0 radical (unpaired) electrons. The molecule has 1 aliphatic rings. The van der Waals surface area contributed by atoms with E-state index in [9.17, 15) is 13.5 Å². The molecule has 0 unspecified atom stereocenters. The number of aromatic nitrogens is 4. The summed E-state index contributed by atoms with van der Waals surface area (Å²) in [6.45, 7) is 2.94. The minimum Gasteiger partial charge on any atom is -0.393 e. The molecule has 10 heteroatoms. The van der Waals surface area contributed by atoms with Gasteiger partial charge in [0.05, 0.1) is 22.4 Å². The van der Waals surface area contributed by atoms with Gasteiger partial charge in [-0.3, -0.25) is 0 Å². The Morgan fingerprint density at radius 2 is 1.88 bits per heavy atom. The Kier molecular flexibility index (Phi) is 6.73. The summed E-state index contributed by atoms with van der Waals surface area (Å²) in [6, 6.07) is 6.81. The number of nitrogens with one attached hydrogen (secondary N) is 2. The van der Waals surface area contributed by atoms with Gasteiger partial charge in [-0.05, 0) is 51.3 Å². The smallest absolute Gasteiger partial charge is 0.240 e. The molecule has 0 amide bonds. The van der Waals surface area contributed by atoms with Crippen molar-refractivity contribution < 1.29 is 13.5 Å². The van der Waals surface area contributed by atoms with Gasteiger partial charge in [-0.25, -0.2) is 22.8 Å². The Labute approximate surface area is 188 Å². The first-order valence-electron chi connectivity index (χ1n) is 11.1. The zero-order valence-corrected chi connectivity index (χ0v) is 19.3. The van der Waals surface area contributed by atoms with E-state index in [1.807, 2.05) is 4.68 Å². The molecule has 1 aromatic carbocycles. The first-order valence-corrected chi connectivity index (χ1v) is 12.6. The second kappa shape index (κ2) is 9.51. The predicted octanol–water partition coefficient (Wildman–Crippen LogP) is 3.09. The summed E-state index contributed by atoms with van der Waals surface area (Å²) in [4.78, 5) is 9.45. The van der Waals surface area contributed by atoms with Crippen LogP contribution in [0.2, 0.25) is 0 Å². The third-order valence-corrected chi connectivity index (χ3v) is 7.41. The Bertz CT molecular complexity index is 1170. The van der Waals surface area contributed by atoms with E-state index < -0.39 is 10.0 Å². The van der Waals surface area contributed by atoms with Crippen LogP contribution in [0.1, 0.15) is 51.5 Å². The van der Waals surface area contributed by atoms with Gasteiger partial charge in [-0.15, -0.1) is 0 Å². The highest BCUT2D eigenvalue weighted by Crippen LogP contribution is 2.34. The lowest BCUT2D eigenvalue weighted by molar-refractivity contribution is 0.109. The molecule has 1 aliphatic carbocycles. The van der Waals surface area contributed by atoms with E-state index in [2.05, 4.69) is 21.9 Å². The molecule has 0 spiro atoms. The van der Waals surface area contributed by atoms with Crippen LogP contribution in [0, 0.1) is 0 Å². The maximum atomic E-state index is 12.1. The molecule has 32 heavy (non-hydrogen) atoms. The highest BCUT2D eigenvalue weighted by atomic mass is 32.2. The molecule has 9 nitrogen and oxygen atoms in total. The highest BCUT2D eigenvalue weighted by molar-refractivity contribution is 7.89. The summed E-state index contributed by atoms with van der Waals surface area (Å²) in [6.07, 6.45) is 6.80. The lowest BCUT2D eigenvalue weighted by Crippen LogP contribution is -2.22. The van der Waals surface area contributed by atoms with E-state index in [0.717, 1.165) is 67.4 Å². The lowest BCUT2D eigenvalue weighted by Gasteiger charge is -2.25. The summed E-state index contributed by atoms with van der Waals surface area (Å²) in [5.74, 6) is 0.574. The minimum absolute atomic E-state index is 0.150. The van der Waals surface area contributed by atoms with Crippen LogP contribution in [0.25, 0.3) is 22.3 Å². The molecule has 3 aromatic rings. The number of fused-ring (bicyclic) bond motifs is 1. The molecular formula is C22H30N6O3S. The molecule has 0 saturated heterocycles. The molecule has 0 atom stereocenters. The predicted molar refractivity (Wildman–Crippen MR) is 124 cm³/mol. The van der Waals surface area contributed by atoms with Gasteiger partial charge in [-0.1, -0.05) is 25.5 Å². The minimum atomic E-state index is -3.51. The molecule has 3 N–H and O–H groups in total. The SMILES string of the molecule is CCCCNc1ncc2c(-c3ccc(S(=O)(=O)NC)cc3)nn([C@H]3CC[C@@H](O)CC3)c2n1. The van der Waals surface area contributed by atoms with Gasteiger partial charge in [0.25, 0.3) is 0 Å². The second-order valence-electron chi connectivity index (χ2n) is 8.20. The maximum absolute atomic E-state index is 12.1. The van der Waals surface area contributed by atoms with E-state index in [1.54, 1.807) is 30.5 Å². The molecule has 2 aromatic heterocycles. The number of hydrogen-bond acceptors (Lipinski definition) is 7. The van der Waals surface area contributed by atoms with Crippen molar-refractivity contribution in [2.24, 2.45) is 0 Å². The lowest BCUT2D eigenvalue weighted by atomic mass is 9.93. The summed E-state index contributed by atoms with van der Waals surface area (Å²) in [5, 5.41) is 18.9. The van der Waals surface area contributed by atoms with Crippen LogP contribution in [0.4, 0.5) is 5.95 Å². The van der Waals surface area contributed by atoms with E-state index in [-0.39, 0.29) is 17.0 Å². The Hall–Kier alpha value is -2.56. The zero-order valence-electron chi connectivity index (χ0n) is 18.5. The van der Waals surface area contributed by atoms with Crippen molar-refractivity contribution in [2.45, 2.75) is 62.5 Å². The standard InChI is InChI=1S/C22H30N6O3S/c1-3-4-13-24-22-25-14-19-20(15-5-11-18(12-6-15)32(30,31)23-2)27-28(21(19)26-22)16-7-9-17(29)10-8-16/h5-6,11-12,14,16-17,23,29H,3-4,7-10,13H2,1-2H3,(H,24,25,26)/t16-,17+. The van der Waals surface area contributed by atoms with Crippen molar-refractivity contribution in [2.75, 3.05) is 18.9 Å². The van der Waals surface area contributed by atoms with Crippen molar-refractivity contribution in [1.82, 2.24) is 24.5 Å². The van der Waals surface area contributed by atoms with E-state index in [0.29, 0.717) is 5.95 Å². The normalized spacial score (nSPS) is 19.3. The topological polar surface area (TPSA) is 122 Å². The summed E-state index contributed by atoms with van der Waals surface area (Å²) < 4.78 is 28.4. The fraction of sp³-hybridized carbons (Fsp3) is 0.500. The van der Waals surface area contributed by atoms with Crippen LogP contribution in [0.3, 0.4) is 0 Å². The third-order valence-electron chi connectivity index (χ3n) is 5.98. The number of anilines is 1. The van der Waals surface area contributed by atoms with Crippen molar-refractivity contribution in [1.29, 1.82) is 0 Å². The molecule has 172 valence electrons. The monoisotopic (exact) mass is 458 g/mol. The molecule has 0 aliphatic heterocycles. The van der Waals surface area contributed by atoms with E-state index in [1.165, 1.54) is 7.05 Å². The number of hydrogen-bond donors (Lipinski definition) is 3. The molecule has 2 heterocycles. The van der Waals surface area contributed by atoms with Crippen molar-refractivity contribution in [3.8, 4) is 11.3 Å². The largest absolute Gasteiger partial charge is 0.393 e. The van der Waals surface area contributed by atoms with Gasteiger partial charge in [0.1, 0.15) is 5.69 Å². The van der Waals surface area contributed by atoms with E-state index in [4.69, 9.17) is 10.1 Å². The highest BCUT2D eigenvalue weighted by Gasteiger charge is 2.25. The van der Waals surface area contributed by atoms with Crippen LogP contribution < -0.4 is 10.0 Å². The molecular weight excluding hydrogens is 428 g/mol. The maximum Gasteiger partial charge on any atom is 0.240 e. The average Bonchev–Trinajstić information content (AvgIpc) is 3.19. The first-order chi connectivity index (χ1) is 15.4. The van der Waals surface area contributed by atoms with Gasteiger partial charge >= 0.3 is 0 Å². The quantitative estimate of drug-likeness (QED) is 0.443. The van der Waals surface area contributed by atoms with Crippen LogP contribution in [-0.2, 0) is 10.0 Å². The van der Waals surface area contributed by atoms with Gasteiger partial charge in [0.15, 0.2) is 5.65 Å². The van der Waals surface area contributed by atoms with Crippen LogP contribution in [0.5, 0.6) is 0 Å². The van der Waals surface area contributed by atoms with Crippen molar-refractivity contribution in [3.63, 3.8) is 0 Å². The van der Waals surface area contributed by atoms with Crippen LogP contribution in [0.15, 0.2) is 35.4 Å². The zero-order chi connectivity index (χ0) is 22.7. The van der Waals surface area contributed by atoms with Crippen LogP contribution in [-0.4, -0.2) is 53.0 Å². The summed E-state index contributed by atoms with van der Waals surface area (Å²) >= 11 is 0. The number of aliphatic hydroxyl groups excluding tert-OH is 1. The molecule has 1 saturated carbocycles. The summed E-state index contributed by atoms with van der Waals surface area (Å²) in [5.41, 5.74) is 2.27. The average molecular weight is 459 g/mol. The Balaban J connectivity index is 1.75. The van der Waals surface area contributed by atoms with Gasteiger partial charge < -0.3 is 10.4 Å². The molecule has 0 bridgehead atoms. The third kappa shape index (κ3) is 4.62. The number of aliphatic hydroxyl groups is 1. The number of rotatable bonds is 8. The number of benzene rings is 1. The molecule has 1 fully saturated rings. The summed E-state index contributed by atoms with van der Waals surface area (Å²) in [7, 11) is -2.11. The number of sulfonamides is 1. The molecule has 4 rings (SSSR count). The Morgan fingerprint density at radius 1 is 1.16 bits per heavy atom. The van der Waals surface area contributed by atoms with Crippen LogP contribution >= 0.6 is 0 Å². The second-order valence-corrected chi connectivity index (χ2v) is 10.1. The fourth-order valence-electron chi connectivity index (χ4n) is 4.07. The van der Waals surface area contributed by atoms with Crippen molar-refractivity contribution >= 4 is 27.0 Å². The Morgan fingerprint density at radius 3 is 2.53 bits per heavy atom.